The number of amides is 2. The van der Waals surface area contributed by atoms with E-state index >= 15 is 0 Å². The van der Waals surface area contributed by atoms with Crippen LogP contribution in [0.3, 0.4) is 0 Å². The lowest BCUT2D eigenvalue weighted by Gasteiger charge is -2.46. The second kappa shape index (κ2) is 9.29. The lowest BCUT2D eigenvalue weighted by atomic mass is 9.73. The van der Waals surface area contributed by atoms with Crippen LogP contribution in [0.5, 0.6) is 0 Å². The van der Waals surface area contributed by atoms with Crippen molar-refractivity contribution in [2.24, 2.45) is 5.73 Å². The van der Waals surface area contributed by atoms with Crippen molar-refractivity contribution >= 4 is 11.7 Å². The van der Waals surface area contributed by atoms with E-state index in [1.165, 1.54) is 36.9 Å². The van der Waals surface area contributed by atoms with Crippen LogP contribution in [-0.2, 0) is 0 Å². The molecule has 2 N–H and O–H groups in total. The molecular weight excluding hydrogens is 322 g/mol. The number of unbranched alkanes of at least 4 members (excludes halogenated alkanes) is 3. The lowest BCUT2D eigenvalue weighted by molar-refractivity contribution is 0.0873. The van der Waals surface area contributed by atoms with Crippen LogP contribution in [0.2, 0.25) is 0 Å². The maximum absolute atomic E-state index is 12.2. The summed E-state index contributed by atoms with van der Waals surface area (Å²) in [4.78, 5) is 16.3. The molecule has 4 heteroatoms. The number of nitrogens with two attached hydrogens (primary N) is 1. The van der Waals surface area contributed by atoms with Gasteiger partial charge in [-0.3, -0.25) is 0 Å². The molecule has 0 spiro atoms. The van der Waals surface area contributed by atoms with Gasteiger partial charge in [0.25, 0.3) is 0 Å². The van der Waals surface area contributed by atoms with Gasteiger partial charge in [0.05, 0.1) is 0 Å². The molecule has 1 aliphatic carbocycles. The summed E-state index contributed by atoms with van der Waals surface area (Å²) in [7, 11) is 4.13. The number of primary amides is 1. The molecule has 4 nitrogen and oxygen atoms in total. The molecule has 0 radical (unpaired) electrons. The number of carbonyl (C=O) groups excluding carboxylic acids is 1. The van der Waals surface area contributed by atoms with E-state index in [4.69, 9.17) is 5.73 Å². The molecule has 0 bridgehead atoms. The van der Waals surface area contributed by atoms with Crippen molar-refractivity contribution in [2.75, 3.05) is 25.5 Å². The molecule has 1 aromatic carbocycles. The zero-order valence-corrected chi connectivity index (χ0v) is 17.1. The van der Waals surface area contributed by atoms with Gasteiger partial charge in [0.15, 0.2) is 0 Å². The molecular formula is C22H37N3O. The van der Waals surface area contributed by atoms with Gasteiger partial charge in [0.1, 0.15) is 0 Å². The Balaban J connectivity index is 2.08. The van der Waals surface area contributed by atoms with Crippen molar-refractivity contribution in [1.82, 2.24) is 4.90 Å². The van der Waals surface area contributed by atoms with Crippen molar-refractivity contribution < 1.29 is 4.79 Å². The van der Waals surface area contributed by atoms with E-state index in [0.29, 0.717) is 5.92 Å². The van der Waals surface area contributed by atoms with Crippen LogP contribution < -0.4 is 10.6 Å². The molecule has 1 aliphatic rings. The fraction of sp³-hybridized carbons (Fsp3) is 0.682. The Labute approximate surface area is 159 Å². The molecule has 0 aromatic heterocycles. The second-order valence-electron chi connectivity index (χ2n) is 8.33. The van der Waals surface area contributed by atoms with Crippen LogP contribution in [0.4, 0.5) is 10.5 Å². The Kier molecular flexibility index (Phi) is 7.36. The SMILES string of the molecule is CCCCCCN(C(N)=O)C1(C)CCCC(c2ccc(N(C)C)cc2)C1. The summed E-state index contributed by atoms with van der Waals surface area (Å²) in [6.45, 7) is 5.23. The Hall–Kier alpha value is -1.71. The maximum Gasteiger partial charge on any atom is 0.315 e. The van der Waals surface area contributed by atoms with Gasteiger partial charge in [-0.05, 0) is 56.2 Å². The first-order chi connectivity index (χ1) is 12.4. The van der Waals surface area contributed by atoms with Crippen LogP contribution in [0.1, 0.15) is 76.7 Å². The van der Waals surface area contributed by atoms with Crippen molar-refractivity contribution in [1.29, 1.82) is 0 Å². The predicted octanol–water partition coefficient (Wildman–Crippen LogP) is 5.13. The van der Waals surface area contributed by atoms with E-state index < -0.39 is 0 Å². The molecule has 0 saturated heterocycles. The number of anilines is 1. The molecule has 146 valence electrons. The minimum absolute atomic E-state index is 0.124. The van der Waals surface area contributed by atoms with E-state index in [1.54, 1.807) is 0 Å². The highest BCUT2D eigenvalue weighted by Crippen LogP contribution is 2.42. The fourth-order valence-electron chi connectivity index (χ4n) is 4.38. The third kappa shape index (κ3) is 5.15. The topological polar surface area (TPSA) is 49.6 Å². The molecule has 26 heavy (non-hydrogen) atoms. The first kappa shape index (κ1) is 20.6. The molecule has 1 aromatic rings. The Morgan fingerprint density at radius 3 is 2.46 bits per heavy atom. The Bertz CT molecular complexity index is 569. The normalized spacial score (nSPS) is 22.8. The Morgan fingerprint density at radius 1 is 1.19 bits per heavy atom. The van der Waals surface area contributed by atoms with Crippen LogP contribution in [0.15, 0.2) is 24.3 Å². The Morgan fingerprint density at radius 2 is 1.88 bits per heavy atom. The van der Waals surface area contributed by atoms with Gasteiger partial charge < -0.3 is 15.5 Å². The summed E-state index contributed by atoms with van der Waals surface area (Å²) in [6, 6.07) is 8.63. The number of carbonyl (C=O) groups is 1. The quantitative estimate of drug-likeness (QED) is 0.654. The number of hydrogen-bond donors (Lipinski definition) is 1. The highest BCUT2D eigenvalue weighted by atomic mass is 16.2. The first-order valence-electron chi connectivity index (χ1n) is 10.2. The number of nitrogens with zero attached hydrogens (tertiary/aromatic N) is 2. The first-order valence-corrected chi connectivity index (χ1v) is 10.2. The fourth-order valence-corrected chi connectivity index (χ4v) is 4.38. The number of urea groups is 1. The molecule has 2 amide bonds. The van der Waals surface area contributed by atoms with Crippen LogP contribution >= 0.6 is 0 Å². The van der Waals surface area contributed by atoms with Gasteiger partial charge in [-0.15, -0.1) is 0 Å². The summed E-state index contributed by atoms with van der Waals surface area (Å²) in [5, 5.41) is 0. The molecule has 2 rings (SSSR count). The van der Waals surface area contributed by atoms with Gasteiger partial charge in [-0.1, -0.05) is 44.7 Å². The zero-order chi connectivity index (χ0) is 19.2. The van der Waals surface area contributed by atoms with Crippen molar-refractivity contribution in [3.05, 3.63) is 29.8 Å². The van der Waals surface area contributed by atoms with Gasteiger partial charge in [-0.25, -0.2) is 4.79 Å². The molecule has 1 fully saturated rings. The average Bonchev–Trinajstić information content (AvgIpc) is 2.61. The largest absolute Gasteiger partial charge is 0.378 e. The summed E-state index contributed by atoms with van der Waals surface area (Å²) in [5.41, 5.74) is 8.27. The number of rotatable bonds is 8. The van der Waals surface area contributed by atoms with E-state index in [2.05, 4.69) is 57.1 Å². The minimum Gasteiger partial charge on any atom is -0.378 e. The van der Waals surface area contributed by atoms with Crippen molar-refractivity contribution in [2.45, 2.75) is 76.7 Å². The second-order valence-corrected chi connectivity index (χ2v) is 8.33. The molecule has 2 unspecified atom stereocenters. The van der Waals surface area contributed by atoms with Gasteiger partial charge in [-0.2, -0.15) is 0 Å². The third-order valence-electron chi connectivity index (χ3n) is 5.99. The van der Waals surface area contributed by atoms with E-state index in [0.717, 1.165) is 32.2 Å². The molecule has 1 saturated carbocycles. The van der Waals surface area contributed by atoms with Gasteiger partial charge >= 0.3 is 6.03 Å². The van der Waals surface area contributed by atoms with Gasteiger partial charge in [0, 0.05) is 31.9 Å². The van der Waals surface area contributed by atoms with E-state index in [9.17, 15) is 4.79 Å². The van der Waals surface area contributed by atoms with E-state index in [1.807, 2.05) is 4.90 Å². The standard InChI is InChI=1S/C22H37N3O/c1-5-6-7-8-16-25(21(23)26)22(2)15-9-10-19(17-22)18-11-13-20(14-12-18)24(3)4/h11-14,19H,5-10,15-17H2,1-4H3,(H2,23,26). The third-order valence-corrected chi connectivity index (χ3v) is 5.99. The van der Waals surface area contributed by atoms with Crippen molar-refractivity contribution in [3.63, 3.8) is 0 Å². The highest BCUT2D eigenvalue weighted by molar-refractivity contribution is 5.73. The summed E-state index contributed by atoms with van der Waals surface area (Å²) < 4.78 is 0. The number of benzene rings is 1. The molecule has 0 heterocycles. The monoisotopic (exact) mass is 359 g/mol. The summed E-state index contributed by atoms with van der Waals surface area (Å²) >= 11 is 0. The lowest BCUT2D eigenvalue weighted by Crippen LogP contribution is -2.54. The van der Waals surface area contributed by atoms with Crippen LogP contribution in [0, 0.1) is 0 Å². The maximum atomic E-state index is 12.2. The van der Waals surface area contributed by atoms with E-state index in [-0.39, 0.29) is 11.6 Å². The van der Waals surface area contributed by atoms with Crippen molar-refractivity contribution in [3.8, 4) is 0 Å². The van der Waals surface area contributed by atoms with Crippen LogP contribution in [0.25, 0.3) is 0 Å². The predicted molar refractivity (Wildman–Crippen MR) is 111 cm³/mol. The minimum atomic E-state index is -0.257. The average molecular weight is 360 g/mol. The number of hydrogen-bond acceptors (Lipinski definition) is 2. The zero-order valence-electron chi connectivity index (χ0n) is 17.1. The smallest absolute Gasteiger partial charge is 0.315 e. The van der Waals surface area contributed by atoms with Crippen LogP contribution in [-0.4, -0.2) is 37.1 Å². The summed E-state index contributed by atoms with van der Waals surface area (Å²) in [6.07, 6.45) is 9.05. The molecule has 0 aliphatic heterocycles. The summed E-state index contributed by atoms with van der Waals surface area (Å²) in [5.74, 6) is 0.502. The van der Waals surface area contributed by atoms with Gasteiger partial charge in [0.2, 0.25) is 0 Å². The highest BCUT2D eigenvalue weighted by Gasteiger charge is 2.39. The molecule has 2 atom stereocenters.